The Balaban J connectivity index is 1.39. The lowest BCUT2D eigenvalue weighted by Crippen LogP contribution is -2.35. The van der Waals surface area contributed by atoms with E-state index < -0.39 is 0 Å². The van der Waals surface area contributed by atoms with E-state index in [0.29, 0.717) is 13.1 Å². The third-order valence-corrected chi connectivity index (χ3v) is 5.67. The van der Waals surface area contributed by atoms with Crippen LogP contribution in [0.1, 0.15) is 12.8 Å². The number of ether oxygens (including phenoxy) is 1. The highest BCUT2D eigenvalue weighted by atomic mass is 32.2. The molecule has 0 bridgehead atoms. The first-order valence-electron chi connectivity index (χ1n) is 9.14. The lowest BCUT2D eigenvalue weighted by atomic mass is 10.1. The van der Waals surface area contributed by atoms with Gasteiger partial charge in [-0.1, -0.05) is 24.3 Å². The molecule has 0 radical (unpaired) electrons. The predicted molar refractivity (Wildman–Crippen MR) is 107 cm³/mol. The zero-order valence-corrected chi connectivity index (χ0v) is 16.0. The van der Waals surface area contributed by atoms with E-state index in [4.69, 9.17) is 4.74 Å². The van der Waals surface area contributed by atoms with E-state index in [0.717, 1.165) is 29.7 Å². The average Bonchev–Trinajstić information content (AvgIpc) is 3.49. The Labute approximate surface area is 163 Å². The van der Waals surface area contributed by atoms with Gasteiger partial charge in [-0.05, 0) is 54.5 Å². The van der Waals surface area contributed by atoms with Crippen LogP contribution in [0, 0.1) is 5.92 Å². The van der Waals surface area contributed by atoms with E-state index in [1.54, 1.807) is 16.7 Å². The van der Waals surface area contributed by atoms with Crippen molar-refractivity contribution in [2.75, 3.05) is 24.2 Å². The maximum Gasteiger partial charge on any atom is 0.414 e. The smallest absolute Gasteiger partial charge is 0.414 e. The summed E-state index contributed by atoms with van der Waals surface area (Å²) in [6.45, 7) is 0.822. The van der Waals surface area contributed by atoms with E-state index >= 15 is 0 Å². The number of benzene rings is 2. The molecule has 2 aliphatic rings. The fourth-order valence-electron chi connectivity index (χ4n) is 3.16. The Bertz CT molecular complexity index is 832. The minimum absolute atomic E-state index is 0.0707. The first kappa shape index (κ1) is 17.9. The highest BCUT2D eigenvalue weighted by molar-refractivity contribution is 7.98. The van der Waals surface area contributed by atoms with Crippen molar-refractivity contribution in [3.05, 3.63) is 48.5 Å². The molecule has 1 aliphatic carbocycles. The molecule has 1 heterocycles. The number of carbonyl (C=O) groups excluding carboxylic acids is 2. The highest BCUT2D eigenvalue weighted by Crippen LogP contribution is 2.29. The molecule has 2 fully saturated rings. The van der Waals surface area contributed by atoms with Crippen molar-refractivity contribution in [2.45, 2.75) is 23.8 Å². The molecule has 1 unspecified atom stereocenters. The van der Waals surface area contributed by atoms with Crippen molar-refractivity contribution in [3.63, 3.8) is 0 Å². The monoisotopic (exact) mass is 382 g/mol. The van der Waals surface area contributed by atoms with Crippen LogP contribution in [-0.2, 0) is 9.53 Å². The van der Waals surface area contributed by atoms with E-state index in [9.17, 15) is 9.59 Å². The lowest BCUT2D eigenvalue weighted by molar-refractivity contribution is -0.122. The van der Waals surface area contributed by atoms with Gasteiger partial charge in [-0.3, -0.25) is 9.69 Å². The second-order valence-electron chi connectivity index (χ2n) is 6.91. The summed E-state index contributed by atoms with van der Waals surface area (Å²) in [7, 11) is 0. The predicted octanol–water partition coefficient (Wildman–Crippen LogP) is 3.93. The van der Waals surface area contributed by atoms with Crippen molar-refractivity contribution < 1.29 is 14.3 Å². The molecule has 4 rings (SSSR count). The largest absolute Gasteiger partial charge is 0.442 e. The van der Waals surface area contributed by atoms with Crippen LogP contribution >= 0.6 is 11.8 Å². The van der Waals surface area contributed by atoms with Gasteiger partial charge in [-0.15, -0.1) is 11.8 Å². The number of cyclic esters (lactones) is 1. The molecule has 1 N–H and O–H groups in total. The fraction of sp³-hybridized carbons (Fsp3) is 0.333. The molecule has 1 saturated heterocycles. The van der Waals surface area contributed by atoms with Gasteiger partial charge in [0.15, 0.2) is 0 Å². The molecule has 27 heavy (non-hydrogen) atoms. The van der Waals surface area contributed by atoms with Crippen molar-refractivity contribution >= 4 is 29.4 Å². The number of rotatable bonds is 6. The number of carbonyl (C=O) groups is 2. The Morgan fingerprint density at radius 1 is 1.11 bits per heavy atom. The van der Waals surface area contributed by atoms with Crippen molar-refractivity contribution in [1.82, 2.24) is 5.32 Å². The van der Waals surface area contributed by atoms with Crippen molar-refractivity contribution in [1.29, 1.82) is 0 Å². The molecule has 2 amide bonds. The lowest BCUT2D eigenvalue weighted by Gasteiger charge is -2.14. The summed E-state index contributed by atoms with van der Waals surface area (Å²) in [5.41, 5.74) is 3.05. The van der Waals surface area contributed by atoms with Gasteiger partial charge in [0.1, 0.15) is 6.10 Å². The van der Waals surface area contributed by atoms with E-state index in [-0.39, 0.29) is 24.0 Å². The average molecular weight is 382 g/mol. The molecule has 1 aliphatic heterocycles. The second-order valence-corrected chi connectivity index (χ2v) is 7.79. The van der Waals surface area contributed by atoms with Crippen LogP contribution in [0.4, 0.5) is 10.5 Å². The number of thioether (sulfide) groups is 1. The first-order valence-corrected chi connectivity index (χ1v) is 10.4. The molecular weight excluding hydrogens is 360 g/mol. The topological polar surface area (TPSA) is 58.6 Å². The van der Waals surface area contributed by atoms with Gasteiger partial charge in [0, 0.05) is 16.5 Å². The Morgan fingerprint density at radius 3 is 2.33 bits per heavy atom. The van der Waals surface area contributed by atoms with Gasteiger partial charge in [0.25, 0.3) is 0 Å². The number of anilines is 1. The van der Waals surface area contributed by atoms with E-state index in [2.05, 4.69) is 35.8 Å². The first-order chi connectivity index (χ1) is 13.1. The molecule has 140 valence electrons. The molecule has 1 atom stereocenters. The van der Waals surface area contributed by atoms with Crippen LogP contribution in [0.3, 0.4) is 0 Å². The zero-order valence-electron chi connectivity index (χ0n) is 15.2. The highest BCUT2D eigenvalue weighted by Gasteiger charge is 2.34. The van der Waals surface area contributed by atoms with Crippen LogP contribution in [0.25, 0.3) is 11.1 Å². The maximum absolute atomic E-state index is 12.2. The van der Waals surface area contributed by atoms with Crippen molar-refractivity contribution in [2.24, 2.45) is 5.92 Å². The molecule has 6 heteroatoms. The molecule has 0 aromatic heterocycles. The molecular formula is C21H22N2O3S. The SMILES string of the molecule is CSc1ccc(-c2ccc(N3CC(CNC(=O)C4CC4)OC3=O)cc2)cc1. The summed E-state index contributed by atoms with van der Waals surface area (Å²) in [6, 6.07) is 16.3. The third kappa shape index (κ3) is 4.11. The standard InChI is InChI=1S/C21H22N2O3S/c1-27-19-10-6-15(7-11-19)14-4-8-17(9-5-14)23-13-18(26-21(23)25)12-22-20(24)16-2-3-16/h4-11,16,18H,2-3,12-13H2,1H3,(H,22,24). The Morgan fingerprint density at radius 2 is 1.74 bits per heavy atom. The van der Waals surface area contributed by atoms with Crippen molar-refractivity contribution in [3.8, 4) is 11.1 Å². The number of hydrogen-bond donors (Lipinski definition) is 1. The number of nitrogens with one attached hydrogen (secondary N) is 1. The summed E-state index contributed by atoms with van der Waals surface area (Å²) in [5.74, 6) is 0.233. The van der Waals surface area contributed by atoms with Gasteiger partial charge in [0.05, 0.1) is 13.1 Å². The summed E-state index contributed by atoms with van der Waals surface area (Å²) in [4.78, 5) is 26.8. The van der Waals surface area contributed by atoms with E-state index in [1.807, 2.05) is 24.3 Å². The van der Waals surface area contributed by atoms with Crippen LogP contribution in [0.15, 0.2) is 53.4 Å². The quantitative estimate of drug-likeness (QED) is 0.769. The summed E-state index contributed by atoms with van der Waals surface area (Å²) >= 11 is 1.72. The second kappa shape index (κ2) is 7.64. The van der Waals surface area contributed by atoms with Crippen LogP contribution < -0.4 is 10.2 Å². The fourth-order valence-corrected chi connectivity index (χ4v) is 3.57. The number of amides is 2. The Kier molecular flexibility index (Phi) is 5.07. The van der Waals surface area contributed by atoms with E-state index in [1.165, 1.54) is 4.90 Å². The number of nitrogens with zero attached hydrogens (tertiary/aromatic N) is 1. The summed E-state index contributed by atoms with van der Waals surface area (Å²) in [6.07, 6.45) is 3.32. The maximum atomic E-state index is 12.2. The Hall–Kier alpha value is -2.47. The minimum Gasteiger partial charge on any atom is -0.442 e. The summed E-state index contributed by atoms with van der Waals surface area (Å²) in [5, 5.41) is 2.87. The van der Waals surface area contributed by atoms with Gasteiger partial charge in [-0.25, -0.2) is 4.79 Å². The van der Waals surface area contributed by atoms with Gasteiger partial charge in [-0.2, -0.15) is 0 Å². The minimum atomic E-state index is -0.363. The zero-order chi connectivity index (χ0) is 18.8. The van der Waals surface area contributed by atoms with Gasteiger partial charge < -0.3 is 10.1 Å². The van der Waals surface area contributed by atoms with Gasteiger partial charge in [0.2, 0.25) is 5.91 Å². The summed E-state index contributed by atoms with van der Waals surface area (Å²) < 4.78 is 5.39. The number of hydrogen-bond acceptors (Lipinski definition) is 4. The molecule has 1 saturated carbocycles. The van der Waals surface area contributed by atoms with Gasteiger partial charge >= 0.3 is 6.09 Å². The third-order valence-electron chi connectivity index (χ3n) is 4.93. The van der Waals surface area contributed by atoms with Crippen LogP contribution in [-0.4, -0.2) is 37.4 Å². The molecule has 5 nitrogen and oxygen atoms in total. The normalized spacial score (nSPS) is 19.1. The molecule has 2 aromatic carbocycles. The molecule has 0 spiro atoms. The van der Waals surface area contributed by atoms with Crippen LogP contribution in [0.5, 0.6) is 0 Å². The van der Waals surface area contributed by atoms with Crippen LogP contribution in [0.2, 0.25) is 0 Å². The molecule has 2 aromatic rings.